The van der Waals surface area contributed by atoms with Crippen molar-refractivity contribution in [1.29, 1.82) is 0 Å². The van der Waals surface area contributed by atoms with Crippen LogP contribution in [0.2, 0.25) is 0 Å². The summed E-state index contributed by atoms with van der Waals surface area (Å²) in [6.45, 7) is 9.26. The maximum absolute atomic E-state index is 14.2. The molecular weight excluding hydrogens is 899 g/mol. The van der Waals surface area contributed by atoms with Crippen LogP contribution >= 0.6 is 11.3 Å². The van der Waals surface area contributed by atoms with Crippen molar-refractivity contribution in [3.8, 4) is 10.4 Å². The Morgan fingerprint density at radius 2 is 1.64 bits per heavy atom. The van der Waals surface area contributed by atoms with Gasteiger partial charge in [0, 0.05) is 37.9 Å². The highest BCUT2D eigenvalue weighted by molar-refractivity contribution is 7.13. The van der Waals surface area contributed by atoms with Crippen LogP contribution in [-0.4, -0.2) is 99.2 Å². The van der Waals surface area contributed by atoms with Gasteiger partial charge in [0.2, 0.25) is 41.4 Å². The molecule has 9 N–H and O–H groups in total. The molecule has 4 heterocycles. The van der Waals surface area contributed by atoms with Crippen LogP contribution in [0.4, 0.5) is 11.4 Å². The molecule has 1 saturated heterocycles. The predicted molar refractivity (Wildman–Crippen MR) is 262 cm³/mol. The van der Waals surface area contributed by atoms with Crippen molar-refractivity contribution < 1.29 is 38.7 Å². The molecule has 3 aromatic carbocycles. The average Bonchev–Trinajstić information content (AvgIpc) is 4.02. The summed E-state index contributed by atoms with van der Waals surface area (Å²) in [4.78, 5) is 103. The van der Waals surface area contributed by atoms with Gasteiger partial charge < -0.3 is 42.7 Å². The number of aryl methyl sites for hydroxylation is 3. The standard InChI is InChI=1S/C51H63N9O8S/c1-28(31-15-17-33(18-16-31)44-29(2)54-27-69-44)55-47(65)39-25-36(61)26-59(39)50(68)45(51(3,4)5)58-42(63)14-7-10-30-9-6-13-35(23-30)56-46(64)38(21-22-41(53)62)57-48(66)40-24-34-12-8-11-32-19-20-37(52)49(67)60(40)43(32)34/h6,8-9,11-13,15-18,23,27-28,36-40,45,61H,7,10,14,19-22,24-26,52H2,1-5H3,(H2,53,62)(H,55,65)(H,56,64)(H,57,66)(H,58,63)/t28-,36+,37-,38-,39-,40-,45+/m0/s1. The van der Waals surface area contributed by atoms with E-state index in [0.717, 1.165) is 38.4 Å². The monoisotopic (exact) mass is 961 g/mol. The van der Waals surface area contributed by atoms with Gasteiger partial charge in [-0.15, -0.1) is 11.3 Å². The topological polar surface area (TPSA) is 259 Å². The Bertz CT molecular complexity index is 2590. The molecule has 4 aromatic rings. The number of anilines is 2. The van der Waals surface area contributed by atoms with E-state index in [0.29, 0.717) is 37.1 Å². The summed E-state index contributed by atoms with van der Waals surface area (Å²) in [5, 5.41) is 22.3. The van der Waals surface area contributed by atoms with Gasteiger partial charge in [-0.3, -0.25) is 38.5 Å². The van der Waals surface area contributed by atoms with E-state index in [-0.39, 0.29) is 56.5 Å². The number of para-hydroxylation sites is 1. The van der Waals surface area contributed by atoms with E-state index in [1.807, 2.05) is 83.1 Å². The number of aliphatic hydroxyl groups excluding tert-OH is 1. The second-order valence-electron chi connectivity index (χ2n) is 19.5. The lowest BCUT2D eigenvalue weighted by molar-refractivity contribution is -0.144. The Morgan fingerprint density at radius 1 is 0.928 bits per heavy atom. The molecule has 18 heteroatoms. The third kappa shape index (κ3) is 11.9. The van der Waals surface area contributed by atoms with E-state index in [1.54, 1.807) is 35.0 Å². The Labute approximate surface area is 406 Å². The molecule has 7 rings (SSSR count). The predicted octanol–water partition coefficient (Wildman–Crippen LogP) is 3.73. The number of aromatic nitrogens is 1. The van der Waals surface area contributed by atoms with E-state index < -0.39 is 71.3 Å². The number of nitrogens with zero attached hydrogens (tertiary/aromatic N) is 3. The highest BCUT2D eigenvalue weighted by atomic mass is 32.1. The molecule has 366 valence electrons. The number of primary amides is 1. The largest absolute Gasteiger partial charge is 0.391 e. The molecular formula is C51H63N9O8S. The quantitative estimate of drug-likeness (QED) is 0.0807. The Hall–Kier alpha value is -6.50. The molecule has 1 fully saturated rings. The van der Waals surface area contributed by atoms with Crippen molar-refractivity contribution in [2.45, 2.75) is 135 Å². The first-order valence-electron chi connectivity index (χ1n) is 23.6. The van der Waals surface area contributed by atoms with Crippen LogP contribution in [0.25, 0.3) is 10.4 Å². The number of thiazole rings is 1. The Balaban J connectivity index is 0.932. The van der Waals surface area contributed by atoms with Gasteiger partial charge in [-0.2, -0.15) is 0 Å². The van der Waals surface area contributed by atoms with Gasteiger partial charge in [-0.25, -0.2) is 4.98 Å². The number of hydrogen-bond acceptors (Lipinski definition) is 11. The molecule has 0 radical (unpaired) electrons. The molecule has 0 aliphatic carbocycles. The van der Waals surface area contributed by atoms with Gasteiger partial charge in [0.15, 0.2) is 0 Å². The molecule has 3 aliphatic rings. The van der Waals surface area contributed by atoms with Crippen molar-refractivity contribution in [2.75, 3.05) is 16.8 Å². The third-order valence-corrected chi connectivity index (χ3v) is 14.2. The van der Waals surface area contributed by atoms with E-state index in [1.165, 1.54) is 9.80 Å². The summed E-state index contributed by atoms with van der Waals surface area (Å²) in [5.74, 6) is -3.36. The molecule has 0 unspecified atom stereocenters. The summed E-state index contributed by atoms with van der Waals surface area (Å²) in [6.07, 6.45) is 1.09. The van der Waals surface area contributed by atoms with Gasteiger partial charge in [0.25, 0.3) is 0 Å². The second kappa shape index (κ2) is 21.4. The zero-order chi connectivity index (χ0) is 49.7. The summed E-state index contributed by atoms with van der Waals surface area (Å²) in [7, 11) is 0. The number of hydrogen-bond donors (Lipinski definition) is 7. The first kappa shape index (κ1) is 50.4. The number of likely N-dealkylation sites (tertiary alicyclic amines) is 1. The van der Waals surface area contributed by atoms with Crippen LogP contribution < -0.4 is 37.6 Å². The number of rotatable bonds is 17. The normalized spacial score (nSPS) is 20.0. The van der Waals surface area contributed by atoms with Gasteiger partial charge in [0.05, 0.1) is 40.0 Å². The molecule has 7 amide bonds. The van der Waals surface area contributed by atoms with Crippen molar-refractivity contribution in [1.82, 2.24) is 25.8 Å². The minimum absolute atomic E-state index is 0.0490. The molecule has 1 aromatic heterocycles. The van der Waals surface area contributed by atoms with E-state index in [2.05, 4.69) is 26.3 Å². The number of aliphatic hydroxyl groups is 1. The van der Waals surface area contributed by atoms with Crippen molar-refractivity contribution in [3.05, 3.63) is 100 Å². The van der Waals surface area contributed by atoms with E-state index in [9.17, 15) is 38.7 Å². The average molecular weight is 962 g/mol. The van der Waals surface area contributed by atoms with Crippen molar-refractivity contribution in [2.24, 2.45) is 16.9 Å². The first-order chi connectivity index (χ1) is 32.8. The fraction of sp³-hybridized carbons (Fsp3) is 0.451. The van der Waals surface area contributed by atoms with E-state index >= 15 is 0 Å². The summed E-state index contributed by atoms with van der Waals surface area (Å²) < 4.78 is 0. The molecule has 7 atom stereocenters. The van der Waals surface area contributed by atoms with Crippen LogP contribution in [-0.2, 0) is 52.8 Å². The highest BCUT2D eigenvalue weighted by Gasteiger charge is 2.46. The second-order valence-corrected chi connectivity index (χ2v) is 20.3. The molecule has 0 bridgehead atoms. The highest BCUT2D eigenvalue weighted by Crippen LogP contribution is 2.39. The number of β-amino-alcohol motifs (C(OH)–C–C–N with tert-alkyl or cyclic N) is 1. The van der Waals surface area contributed by atoms with Gasteiger partial charge in [-0.1, -0.05) is 75.4 Å². The van der Waals surface area contributed by atoms with Gasteiger partial charge >= 0.3 is 0 Å². The lowest BCUT2D eigenvalue weighted by atomic mass is 9.85. The summed E-state index contributed by atoms with van der Waals surface area (Å²) in [6, 6.07) is 15.4. The zero-order valence-electron chi connectivity index (χ0n) is 39.8. The SMILES string of the molecule is Cc1ncsc1-c1ccc([C@H](C)NC(=O)[C@@H]2C[C@@H](O)CN2C(=O)[C@@H](NC(=O)CCCc2cccc(NC(=O)[C@H](CCC(N)=O)NC(=O)[C@@H]3Cc4cccc5c4N3C(=O)[C@@H](N)CC5)c2)C(C)(C)C)cc1. The van der Waals surface area contributed by atoms with Crippen LogP contribution in [0.3, 0.4) is 0 Å². The molecule has 3 aliphatic heterocycles. The lowest BCUT2D eigenvalue weighted by Gasteiger charge is -2.35. The minimum Gasteiger partial charge on any atom is -0.391 e. The van der Waals surface area contributed by atoms with Crippen LogP contribution in [0, 0.1) is 12.3 Å². The first-order valence-corrected chi connectivity index (χ1v) is 24.4. The molecule has 17 nitrogen and oxygen atoms in total. The number of carbonyl (C=O) groups is 7. The smallest absolute Gasteiger partial charge is 0.246 e. The number of amides is 7. The minimum atomic E-state index is -1.16. The van der Waals surface area contributed by atoms with E-state index in [4.69, 9.17) is 11.5 Å². The number of nitrogens with two attached hydrogens (primary N) is 2. The van der Waals surface area contributed by atoms with Crippen molar-refractivity contribution in [3.63, 3.8) is 0 Å². The van der Waals surface area contributed by atoms with Crippen LogP contribution in [0.5, 0.6) is 0 Å². The third-order valence-electron chi connectivity index (χ3n) is 13.2. The summed E-state index contributed by atoms with van der Waals surface area (Å²) >= 11 is 1.56. The Morgan fingerprint density at radius 3 is 2.33 bits per heavy atom. The maximum atomic E-state index is 14.2. The summed E-state index contributed by atoms with van der Waals surface area (Å²) in [5.41, 5.74) is 19.3. The van der Waals surface area contributed by atoms with Crippen LogP contribution in [0.15, 0.2) is 72.2 Å². The van der Waals surface area contributed by atoms with Gasteiger partial charge in [0.1, 0.15) is 24.2 Å². The maximum Gasteiger partial charge on any atom is 0.246 e. The molecule has 0 saturated carbocycles. The Kier molecular flexibility index (Phi) is 15.6. The molecule has 0 spiro atoms. The number of benzene rings is 3. The van der Waals surface area contributed by atoms with Crippen LogP contribution in [0.1, 0.15) is 100 Å². The molecule has 69 heavy (non-hydrogen) atoms. The van der Waals surface area contributed by atoms with Gasteiger partial charge in [-0.05, 0) is 91.3 Å². The fourth-order valence-electron chi connectivity index (χ4n) is 9.42. The zero-order valence-corrected chi connectivity index (χ0v) is 40.6. The number of carbonyl (C=O) groups excluding carboxylic acids is 7. The lowest BCUT2D eigenvalue weighted by Crippen LogP contribution is -2.57. The number of nitrogens with one attached hydrogen (secondary N) is 4. The fourth-order valence-corrected chi connectivity index (χ4v) is 10.2. The van der Waals surface area contributed by atoms with Crippen molar-refractivity contribution >= 4 is 64.1 Å².